The number of nitrogens with zero attached hydrogens (tertiary/aromatic N) is 1. The molecule has 2 bridgehead atoms. The van der Waals surface area contributed by atoms with Crippen molar-refractivity contribution in [3.05, 3.63) is 0 Å². The molecule has 2 aliphatic heterocycles. The summed E-state index contributed by atoms with van der Waals surface area (Å²) in [6, 6.07) is 2.62. The van der Waals surface area contributed by atoms with Crippen LogP contribution in [0, 0.1) is 11.8 Å². The van der Waals surface area contributed by atoms with Crippen molar-refractivity contribution in [3.63, 3.8) is 0 Å². The predicted molar refractivity (Wildman–Crippen MR) is 86.0 cm³/mol. The summed E-state index contributed by atoms with van der Waals surface area (Å²) in [7, 11) is 0. The van der Waals surface area contributed by atoms with E-state index in [1.54, 1.807) is 0 Å². The molecule has 116 valence electrons. The van der Waals surface area contributed by atoms with Gasteiger partial charge in [0.2, 0.25) is 0 Å². The molecule has 2 nitrogen and oxygen atoms in total. The molecule has 3 aliphatic rings. The SMILES string of the molecule is CCNC1CC2CCC(C1)N2CC1CCC(CC)CC1. The van der Waals surface area contributed by atoms with Crippen molar-refractivity contribution in [1.82, 2.24) is 10.2 Å². The quantitative estimate of drug-likeness (QED) is 0.822. The lowest BCUT2D eigenvalue weighted by Crippen LogP contribution is -2.50. The minimum absolute atomic E-state index is 0.810. The van der Waals surface area contributed by atoms with Crippen molar-refractivity contribution in [1.29, 1.82) is 0 Å². The Kier molecular flexibility index (Phi) is 5.04. The van der Waals surface area contributed by atoms with E-state index in [9.17, 15) is 0 Å². The van der Waals surface area contributed by atoms with Gasteiger partial charge in [-0.3, -0.25) is 4.90 Å². The summed E-state index contributed by atoms with van der Waals surface area (Å²) >= 11 is 0. The number of nitrogens with one attached hydrogen (secondary N) is 1. The van der Waals surface area contributed by atoms with E-state index < -0.39 is 0 Å². The first-order valence-electron chi connectivity index (χ1n) is 9.29. The van der Waals surface area contributed by atoms with E-state index in [4.69, 9.17) is 0 Å². The first-order valence-corrected chi connectivity index (χ1v) is 9.29. The molecule has 20 heavy (non-hydrogen) atoms. The fourth-order valence-corrected chi connectivity index (χ4v) is 5.15. The minimum atomic E-state index is 0.810. The van der Waals surface area contributed by atoms with E-state index in [-0.39, 0.29) is 0 Å². The highest BCUT2D eigenvalue weighted by molar-refractivity contribution is 4.98. The molecular formula is C18H34N2. The summed E-state index contributed by atoms with van der Waals surface area (Å²) in [5.74, 6) is 2.05. The Morgan fingerprint density at radius 1 is 0.850 bits per heavy atom. The van der Waals surface area contributed by atoms with Crippen molar-refractivity contribution in [2.75, 3.05) is 13.1 Å². The molecule has 1 N–H and O–H groups in total. The predicted octanol–water partition coefficient (Wildman–Crippen LogP) is 3.81. The molecule has 0 radical (unpaired) electrons. The van der Waals surface area contributed by atoms with Gasteiger partial charge in [0.15, 0.2) is 0 Å². The zero-order valence-electron chi connectivity index (χ0n) is 13.6. The van der Waals surface area contributed by atoms with Crippen LogP contribution >= 0.6 is 0 Å². The molecule has 0 aromatic heterocycles. The molecular weight excluding hydrogens is 244 g/mol. The Morgan fingerprint density at radius 3 is 2.00 bits per heavy atom. The average Bonchev–Trinajstić information content (AvgIpc) is 2.71. The summed E-state index contributed by atoms with van der Waals surface area (Å²) < 4.78 is 0. The molecule has 2 atom stereocenters. The normalized spacial score (nSPS) is 42.0. The van der Waals surface area contributed by atoms with E-state index >= 15 is 0 Å². The number of rotatable bonds is 5. The van der Waals surface area contributed by atoms with Gasteiger partial charge in [0.25, 0.3) is 0 Å². The summed E-state index contributed by atoms with van der Waals surface area (Å²) in [5, 5.41) is 3.70. The van der Waals surface area contributed by atoms with Gasteiger partial charge in [0, 0.05) is 24.7 Å². The highest BCUT2D eigenvalue weighted by atomic mass is 15.2. The van der Waals surface area contributed by atoms with Crippen LogP contribution in [-0.2, 0) is 0 Å². The van der Waals surface area contributed by atoms with Crippen LogP contribution in [0.1, 0.15) is 71.6 Å². The largest absolute Gasteiger partial charge is 0.314 e. The van der Waals surface area contributed by atoms with E-state index in [2.05, 4.69) is 24.1 Å². The van der Waals surface area contributed by atoms with Crippen LogP contribution in [0.15, 0.2) is 0 Å². The number of hydrogen-bond acceptors (Lipinski definition) is 2. The van der Waals surface area contributed by atoms with Crippen molar-refractivity contribution in [2.24, 2.45) is 11.8 Å². The van der Waals surface area contributed by atoms with Gasteiger partial charge in [-0.05, 0) is 56.9 Å². The Bertz CT molecular complexity index is 282. The summed E-state index contributed by atoms with van der Waals surface area (Å²) in [6.07, 6.45) is 13.2. The van der Waals surface area contributed by atoms with Crippen LogP contribution < -0.4 is 5.32 Å². The second-order valence-corrected chi connectivity index (χ2v) is 7.60. The van der Waals surface area contributed by atoms with E-state index in [1.807, 2.05) is 0 Å². The molecule has 2 heteroatoms. The maximum atomic E-state index is 3.70. The van der Waals surface area contributed by atoms with Gasteiger partial charge in [-0.25, -0.2) is 0 Å². The second kappa shape index (κ2) is 6.79. The Morgan fingerprint density at radius 2 is 1.45 bits per heavy atom. The third kappa shape index (κ3) is 3.22. The Hall–Kier alpha value is -0.0800. The fourth-order valence-electron chi connectivity index (χ4n) is 5.15. The molecule has 3 rings (SSSR count). The van der Waals surface area contributed by atoms with Crippen LogP contribution in [0.2, 0.25) is 0 Å². The Balaban J connectivity index is 1.49. The van der Waals surface area contributed by atoms with Gasteiger partial charge in [0.05, 0.1) is 0 Å². The molecule has 3 fully saturated rings. The van der Waals surface area contributed by atoms with Crippen LogP contribution in [0.5, 0.6) is 0 Å². The molecule has 2 saturated heterocycles. The van der Waals surface area contributed by atoms with Crippen molar-refractivity contribution in [2.45, 2.75) is 89.8 Å². The molecule has 2 unspecified atom stereocenters. The van der Waals surface area contributed by atoms with Crippen LogP contribution in [0.4, 0.5) is 0 Å². The highest BCUT2D eigenvalue weighted by Gasteiger charge is 2.41. The molecule has 0 aromatic carbocycles. The van der Waals surface area contributed by atoms with Gasteiger partial charge in [-0.1, -0.05) is 33.1 Å². The average molecular weight is 278 g/mol. The molecule has 1 aliphatic carbocycles. The third-order valence-electron chi connectivity index (χ3n) is 6.39. The lowest BCUT2D eigenvalue weighted by Gasteiger charge is -2.42. The Labute approximate surface area is 125 Å². The van der Waals surface area contributed by atoms with Gasteiger partial charge in [-0.2, -0.15) is 0 Å². The van der Waals surface area contributed by atoms with Gasteiger partial charge < -0.3 is 5.32 Å². The highest BCUT2D eigenvalue weighted by Crippen LogP contribution is 2.39. The monoisotopic (exact) mass is 278 g/mol. The minimum Gasteiger partial charge on any atom is -0.314 e. The lowest BCUT2D eigenvalue weighted by molar-refractivity contribution is 0.0836. The van der Waals surface area contributed by atoms with E-state index in [1.165, 1.54) is 64.3 Å². The van der Waals surface area contributed by atoms with Crippen molar-refractivity contribution >= 4 is 0 Å². The molecule has 2 heterocycles. The first kappa shape index (κ1) is 14.8. The van der Waals surface area contributed by atoms with Gasteiger partial charge in [0.1, 0.15) is 0 Å². The van der Waals surface area contributed by atoms with Crippen LogP contribution in [-0.4, -0.2) is 36.1 Å². The standard InChI is InChI=1S/C18H34N2/c1-3-14-5-7-15(8-6-14)13-20-17-9-10-18(20)12-16(11-17)19-4-2/h14-19H,3-13H2,1-2H3. The lowest BCUT2D eigenvalue weighted by atomic mass is 9.80. The molecule has 1 saturated carbocycles. The fraction of sp³-hybridized carbons (Fsp3) is 1.00. The topological polar surface area (TPSA) is 15.3 Å². The molecule has 0 aromatic rings. The van der Waals surface area contributed by atoms with E-state index in [0.717, 1.165) is 36.5 Å². The maximum absolute atomic E-state index is 3.70. The first-order chi connectivity index (χ1) is 9.80. The zero-order chi connectivity index (χ0) is 13.9. The van der Waals surface area contributed by atoms with Crippen molar-refractivity contribution < 1.29 is 0 Å². The van der Waals surface area contributed by atoms with Gasteiger partial charge in [-0.15, -0.1) is 0 Å². The van der Waals surface area contributed by atoms with Crippen molar-refractivity contribution in [3.8, 4) is 0 Å². The molecule has 0 spiro atoms. The smallest absolute Gasteiger partial charge is 0.0114 e. The summed E-state index contributed by atoms with van der Waals surface area (Å²) in [6.45, 7) is 7.19. The maximum Gasteiger partial charge on any atom is 0.0114 e. The number of fused-ring (bicyclic) bond motifs is 2. The number of hydrogen-bond donors (Lipinski definition) is 1. The summed E-state index contributed by atoms with van der Waals surface area (Å²) in [5.41, 5.74) is 0. The van der Waals surface area contributed by atoms with E-state index in [0.29, 0.717) is 0 Å². The van der Waals surface area contributed by atoms with Gasteiger partial charge >= 0.3 is 0 Å². The second-order valence-electron chi connectivity index (χ2n) is 7.60. The summed E-state index contributed by atoms with van der Waals surface area (Å²) in [4.78, 5) is 2.92. The number of piperidine rings is 1. The third-order valence-corrected chi connectivity index (χ3v) is 6.39. The molecule has 0 amide bonds. The van der Waals surface area contributed by atoms with Crippen LogP contribution in [0.3, 0.4) is 0 Å². The zero-order valence-corrected chi connectivity index (χ0v) is 13.6. The van der Waals surface area contributed by atoms with Crippen LogP contribution in [0.25, 0.3) is 0 Å².